The van der Waals surface area contributed by atoms with Gasteiger partial charge in [0, 0.05) is 24.2 Å². The van der Waals surface area contributed by atoms with E-state index < -0.39 is 0 Å². The lowest BCUT2D eigenvalue weighted by molar-refractivity contribution is 0.264. The van der Waals surface area contributed by atoms with Crippen molar-refractivity contribution in [2.45, 2.75) is 32.9 Å². The van der Waals surface area contributed by atoms with Crippen LogP contribution in [0.1, 0.15) is 25.8 Å². The van der Waals surface area contributed by atoms with Gasteiger partial charge >= 0.3 is 0 Å². The van der Waals surface area contributed by atoms with Crippen molar-refractivity contribution in [3.8, 4) is 0 Å². The molecule has 0 bridgehead atoms. The van der Waals surface area contributed by atoms with Gasteiger partial charge in [0.2, 0.25) is 0 Å². The standard InChI is InChI=1S/C15H22ClFN2/c1-11(2)19-4-3-12(10-19)8-18-9-13-5-14(16)7-15(17)6-13/h5-7,11-12,18H,3-4,8-10H2,1-2H3. The van der Waals surface area contributed by atoms with Gasteiger partial charge in [0.1, 0.15) is 5.82 Å². The van der Waals surface area contributed by atoms with E-state index in [1.165, 1.54) is 25.1 Å². The van der Waals surface area contributed by atoms with Crippen LogP contribution >= 0.6 is 11.6 Å². The Morgan fingerprint density at radius 3 is 2.84 bits per heavy atom. The Hall–Kier alpha value is -0.640. The summed E-state index contributed by atoms with van der Waals surface area (Å²) in [5, 5.41) is 3.87. The molecule has 2 rings (SSSR count). The van der Waals surface area contributed by atoms with Crippen LogP contribution in [0.3, 0.4) is 0 Å². The van der Waals surface area contributed by atoms with Crippen molar-refractivity contribution in [1.82, 2.24) is 10.2 Å². The molecule has 1 heterocycles. The summed E-state index contributed by atoms with van der Waals surface area (Å²) in [5.41, 5.74) is 0.906. The summed E-state index contributed by atoms with van der Waals surface area (Å²) in [5.74, 6) is 0.433. The SMILES string of the molecule is CC(C)N1CCC(CNCc2cc(F)cc(Cl)c2)C1. The van der Waals surface area contributed by atoms with E-state index >= 15 is 0 Å². The van der Waals surface area contributed by atoms with Crippen molar-refractivity contribution in [3.05, 3.63) is 34.6 Å². The molecule has 1 aliphatic heterocycles. The third kappa shape index (κ3) is 4.44. The normalized spacial score (nSPS) is 20.4. The third-order valence-electron chi connectivity index (χ3n) is 3.73. The Bertz CT molecular complexity index is 402. The largest absolute Gasteiger partial charge is 0.312 e. The van der Waals surface area contributed by atoms with Crippen molar-refractivity contribution in [2.24, 2.45) is 5.92 Å². The number of rotatable bonds is 5. The molecule has 1 aromatic carbocycles. The molecule has 1 atom stereocenters. The minimum atomic E-state index is -0.267. The lowest BCUT2D eigenvalue weighted by Crippen LogP contribution is -2.30. The van der Waals surface area contributed by atoms with Crippen LogP contribution in [-0.2, 0) is 6.54 Å². The van der Waals surface area contributed by atoms with E-state index in [0.717, 1.165) is 18.7 Å². The molecule has 4 heteroatoms. The fourth-order valence-corrected chi connectivity index (χ4v) is 2.88. The zero-order valence-electron chi connectivity index (χ0n) is 11.6. The topological polar surface area (TPSA) is 15.3 Å². The van der Waals surface area contributed by atoms with Crippen molar-refractivity contribution >= 4 is 11.6 Å². The zero-order valence-corrected chi connectivity index (χ0v) is 12.4. The van der Waals surface area contributed by atoms with Gasteiger partial charge in [0.25, 0.3) is 0 Å². The smallest absolute Gasteiger partial charge is 0.125 e. The van der Waals surface area contributed by atoms with Gasteiger partial charge in [-0.2, -0.15) is 0 Å². The molecular weight excluding hydrogens is 263 g/mol. The van der Waals surface area contributed by atoms with Crippen molar-refractivity contribution in [2.75, 3.05) is 19.6 Å². The van der Waals surface area contributed by atoms with Gasteiger partial charge in [-0.1, -0.05) is 11.6 Å². The molecular formula is C15H22ClFN2. The number of nitrogens with zero attached hydrogens (tertiary/aromatic N) is 1. The maximum atomic E-state index is 13.2. The molecule has 2 nitrogen and oxygen atoms in total. The predicted molar refractivity (Wildman–Crippen MR) is 77.9 cm³/mol. The molecule has 0 aliphatic carbocycles. The lowest BCUT2D eigenvalue weighted by Gasteiger charge is -2.20. The van der Waals surface area contributed by atoms with Gasteiger partial charge in [-0.05, 0) is 63.0 Å². The number of hydrogen-bond donors (Lipinski definition) is 1. The minimum absolute atomic E-state index is 0.267. The molecule has 1 fully saturated rings. The first kappa shape index (κ1) is 14.8. The van der Waals surface area contributed by atoms with E-state index in [2.05, 4.69) is 24.1 Å². The van der Waals surface area contributed by atoms with Crippen LogP contribution in [0.4, 0.5) is 4.39 Å². The van der Waals surface area contributed by atoms with E-state index in [0.29, 0.717) is 23.5 Å². The van der Waals surface area contributed by atoms with Gasteiger partial charge < -0.3 is 10.2 Å². The average molecular weight is 285 g/mol. The summed E-state index contributed by atoms with van der Waals surface area (Å²) >= 11 is 5.84. The quantitative estimate of drug-likeness (QED) is 0.892. The van der Waals surface area contributed by atoms with Crippen LogP contribution < -0.4 is 5.32 Å². The Labute approximate surface area is 119 Å². The molecule has 1 N–H and O–H groups in total. The van der Waals surface area contributed by atoms with Crippen LogP contribution in [0.25, 0.3) is 0 Å². The highest BCUT2D eigenvalue weighted by atomic mass is 35.5. The summed E-state index contributed by atoms with van der Waals surface area (Å²) < 4.78 is 13.2. The average Bonchev–Trinajstić information content (AvgIpc) is 2.76. The van der Waals surface area contributed by atoms with Crippen LogP contribution in [0, 0.1) is 11.7 Å². The zero-order chi connectivity index (χ0) is 13.8. The maximum Gasteiger partial charge on any atom is 0.125 e. The van der Waals surface area contributed by atoms with Crippen molar-refractivity contribution in [3.63, 3.8) is 0 Å². The first-order valence-corrected chi connectivity index (χ1v) is 7.32. The van der Waals surface area contributed by atoms with E-state index in [4.69, 9.17) is 11.6 Å². The Morgan fingerprint density at radius 2 is 2.21 bits per heavy atom. The Kier molecular flexibility index (Phi) is 5.20. The highest BCUT2D eigenvalue weighted by Gasteiger charge is 2.23. The molecule has 0 radical (unpaired) electrons. The Morgan fingerprint density at radius 1 is 1.42 bits per heavy atom. The fraction of sp³-hybridized carbons (Fsp3) is 0.600. The first-order valence-electron chi connectivity index (χ1n) is 6.94. The monoisotopic (exact) mass is 284 g/mol. The molecule has 0 spiro atoms. The molecule has 1 aliphatic rings. The van der Waals surface area contributed by atoms with E-state index in [9.17, 15) is 4.39 Å². The van der Waals surface area contributed by atoms with Crippen LogP contribution in [0.2, 0.25) is 5.02 Å². The third-order valence-corrected chi connectivity index (χ3v) is 3.95. The fourth-order valence-electron chi connectivity index (χ4n) is 2.63. The van der Waals surface area contributed by atoms with Gasteiger partial charge in [-0.15, -0.1) is 0 Å². The highest BCUT2D eigenvalue weighted by Crippen LogP contribution is 2.18. The summed E-state index contributed by atoms with van der Waals surface area (Å²) in [6.45, 7) is 8.49. The van der Waals surface area contributed by atoms with Crippen LogP contribution in [0.5, 0.6) is 0 Å². The first-order chi connectivity index (χ1) is 9.04. The van der Waals surface area contributed by atoms with Gasteiger partial charge in [0.15, 0.2) is 0 Å². The van der Waals surface area contributed by atoms with Crippen molar-refractivity contribution < 1.29 is 4.39 Å². The summed E-state index contributed by atoms with van der Waals surface area (Å²) in [6, 6.07) is 5.32. The Balaban J connectivity index is 1.75. The molecule has 1 saturated heterocycles. The van der Waals surface area contributed by atoms with Gasteiger partial charge in [-0.3, -0.25) is 0 Å². The maximum absolute atomic E-state index is 13.2. The summed E-state index contributed by atoms with van der Waals surface area (Å²) in [4.78, 5) is 2.51. The number of likely N-dealkylation sites (tertiary alicyclic amines) is 1. The molecule has 1 unspecified atom stereocenters. The summed E-state index contributed by atoms with van der Waals surface area (Å²) in [6.07, 6.45) is 1.25. The van der Waals surface area contributed by atoms with Crippen LogP contribution in [0.15, 0.2) is 18.2 Å². The second-order valence-electron chi connectivity index (χ2n) is 5.65. The van der Waals surface area contributed by atoms with Gasteiger partial charge in [-0.25, -0.2) is 4.39 Å². The second-order valence-corrected chi connectivity index (χ2v) is 6.09. The number of nitrogens with one attached hydrogen (secondary N) is 1. The molecule has 0 saturated carbocycles. The molecule has 19 heavy (non-hydrogen) atoms. The second kappa shape index (κ2) is 6.69. The van der Waals surface area contributed by atoms with Gasteiger partial charge in [0.05, 0.1) is 0 Å². The molecule has 0 amide bonds. The van der Waals surface area contributed by atoms with Crippen molar-refractivity contribution in [1.29, 1.82) is 0 Å². The van der Waals surface area contributed by atoms with E-state index in [1.54, 1.807) is 0 Å². The predicted octanol–water partition coefficient (Wildman–Crippen LogP) is 3.30. The van der Waals surface area contributed by atoms with E-state index in [1.807, 2.05) is 6.07 Å². The number of halogens is 2. The number of benzene rings is 1. The van der Waals surface area contributed by atoms with Crippen LogP contribution in [-0.4, -0.2) is 30.6 Å². The molecule has 106 valence electrons. The molecule has 0 aromatic heterocycles. The lowest BCUT2D eigenvalue weighted by atomic mass is 10.1. The highest BCUT2D eigenvalue weighted by molar-refractivity contribution is 6.30. The number of hydrogen-bond acceptors (Lipinski definition) is 2. The molecule has 1 aromatic rings. The minimum Gasteiger partial charge on any atom is -0.312 e. The van der Waals surface area contributed by atoms with E-state index in [-0.39, 0.29) is 5.82 Å². The summed E-state index contributed by atoms with van der Waals surface area (Å²) in [7, 11) is 0.